The molecule has 3 rings (SSSR count). The SMILES string of the molecule is CN[C@H]1CCN(CCc2c[nH]c3ccc(O)cc23)C(=O)C1C(C)O. The van der Waals surface area contributed by atoms with E-state index in [9.17, 15) is 15.0 Å². The number of hydrogen-bond donors (Lipinski definition) is 4. The second-order valence-electron chi connectivity index (χ2n) is 6.57. The lowest BCUT2D eigenvalue weighted by molar-refractivity contribution is -0.144. The van der Waals surface area contributed by atoms with Crippen LogP contribution in [0.5, 0.6) is 5.75 Å². The number of aromatic hydroxyl groups is 1. The Kier molecular flexibility index (Phi) is 4.78. The maximum atomic E-state index is 12.7. The number of aromatic amines is 1. The van der Waals surface area contributed by atoms with E-state index in [-0.39, 0.29) is 17.7 Å². The summed E-state index contributed by atoms with van der Waals surface area (Å²) in [5, 5.41) is 23.8. The molecule has 1 amide bonds. The number of aromatic nitrogens is 1. The second-order valence-corrected chi connectivity index (χ2v) is 6.57. The third-order valence-corrected chi connectivity index (χ3v) is 5.03. The number of H-pyrrole nitrogens is 1. The van der Waals surface area contributed by atoms with Crippen molar-refractivity contribution in [1.82, 2.24) is 15.2 Å². The molecule has 130 valence electrons. The highest BCUT2D eigenvalue weighted by atomic mass is 16.3. The van der Waals surface area contributed by atoms with Crippen LogP contribution in [0.3, 0.4) is 0 Å². The van der Waals surface area contributed by atoms with Gasteiger partial charge in [0.1, 0.15) is 5.75 Å². The molecular formula is C18H25N3O3. The van der Waals surface area contributed by atoms with Crippen molar-refractivity contribution in [2.24, 2.45) is 5.92 Å². The Hall–Kier alpha value is -2.05. The Bertz CT molecular complexity index is 725. The van der Waals surface area contributed by atoms with Gasteiger partial charge in [0.15, 0.2) is 0 Å². The topological polar surface area (TPSA) is 88.6 Å². The molecule has 4 N–H and O–H groups in total. The average molecular weight is 331 g/mol. The van der Waals surface area contributed by atoms with E-state index in [0.717, 1.165) is 22.9 Å². The van der Waals surface area contributed by atoms with Gasteiger partial charge in [0.2, 0.25) is 5.91 Å². The van der Waals surface area contributed by atoms with E-state index in [2.05, 4.69) is 10.3 Å². The van der Waals surface area contributed by atoms with Gasteiger partial charge in [0, 0.05) is 36.2 Å². The number of aliphatic hydroxyl groups is 1. The number of amides is 1. The minimum absolute atomic E-state index is 0.0123. The Morgan fingerprint density at radius 2 is 2.25 bits per heavy atom. The summed E-state index contributed by atoms with van der Waals surface area (Å²) in [6, 6.07) is 5.27. The molecule has 1 aromatic carbocycles. The molecule has 0 spiro atoms. The fourth-order valence-electron chi connectivity index (χ4n) is 3.68. The second kappa shape index (κ2) is 6.83. The zero-order chi connectivity index (χ0) is 17.3. The minimum Gasteiger partial charge on any atom is -0.508 e. The highest BCUT2D eigenvalue weighted by Gasteiger charge is 2.38. The molecule has 2 heterocycles. The lowest BCUT2D eigenvalue weighted by Crippen LogP contribution is -2.55. The fraction of sp³-hybridized carbons (Fsp3) is 0.500. The molecule has 0 saturated carbocycles. The van der Waals surface area contributed by atoms with Gasteiger partial charge < -0.3 is 25.4 Å². The zero-order valence-corrected chi connectivity index (χ0v) is 14.1. The Morgan fingerprint density at radius 1 is 1.46 bits per heavy atom. The van der Waals surface area contributed by atoms with Crippen LogP contribution in [0.2, 0.25) is 0 Å². The number of nitrogens with zero attached hydrogens (tertiary/aromatic N) is 1. The summed E-state index contributed by atoms with van der Waals surface area (Å²) in [6.45, 7) is 2.99. The zero-order valence-electron chi connectivity index (χ0n) is 14.1. The van der Waals surface area contributed by atoms with Gasteiger partial charge in [-0.2, -0.15) is 0 Å². The van der Waals surface area contributed by atoms with Crippen LogP contribution in [-0.2, 0) is 11.2 Å². The van der Waals surface area contributed by atoms with Gasteiger partial charge in [-0.1, -0.05) is 0 Å². The van der Waals surface area contributed by atoms with E-state index in [4.69, 9.17) is 0 Å². The van der Waals surface area contributed by atoms with Gasteiger partial charge in [-0.25, -0.2) is 0 Å². The largest absolute Gasteiger partial charge is 0.508 e. The molecule has 2 aromatic rings. The Labute approximate surface area is 141 Å². The van der Waals surface area contributed by atoms with Crippen LogP contribution in [0.1, 0.15) is 18.9 Å². The first kappa shape index (κ1) is 16.8. The van der Waals surface area contributed by atoms with Crippen molar-refractivity contribution in [1.29, 1.82) is 0 Å². The van der Waals surface area contributed by atoms with Crippen LogP contribution in [0, 0.1) is 5.92 Å². The van der Waals surface area contributed by atoms with Crippen LogP contribution in [-0.4, -0.2) is 58.3 Å². The van der Waals surface area contributed by atoms with Gasteiger partial charge in [-0.05, 0) is 50.6 Å². The average Bonchev–Trinajstić information content (AvgIpc) is 2.95. The van der Waals surface area contributed by atoms with Crippen LogP contribution in [0.4, 0.5) is 0 Å². The van der Waals surface area contributed by atoms with Crippen molar-refractivity contribution in [2.45, 2.75) is 31.9 Å². The normalized spacial score (nSPS) is 23.0. The van der Waals surface area contributed by atoms with Gasteiger partial charge in [0.05, 0.1) is 12.0 Å². The smallest absolute Gasteiger partial charge is 0.229 e. The summed E-state index contributed by atoms with van der Waals surface area (Å²) in [6.07, 6.45) is 2.82. The standard InChI is InChI=1S/C18H25N3O3/c1-11(22)17-16(19-2)6-8-21(18(17)24)7-5-12-10-20-15-4-3-13(23)9-14(12)15/h3-4,9-11,16-17,19-20,22-23H,5-8H2,1-2H3/t11?,16-,17?/m0/s1. The van der Waals surface area contributed by atoms with Crippen LogP contribution >= 0.6 is 0 Å². The number of fused-ring (bicyclic) bond motifs is 1. The summed E-state index contributed by atoms with van der Waals surface area (Å²) in [5.74, 6) is -0.141. The number of carbonyl (C=O) groups excluding carboxylic acids is 1. The first-order chi connectivity index (χ1) is 11.5. The van der Waals surface area contributed by atoms with Crippen molar-refractivity contribution in [2.75, 3.05) is 20.1 Å². The van der Waals surface area contributed by atoms with Crippen LogP contribution in [0.25, 0.3) is 10.9 Å². The van der Waals surface area contributed by atoms with Crippen molar-refractivity contribution in [3.05, 3.63) is 30.0 Å². The molecule has 2 unspecified atom stereocenters. The first-order valence-electron chi connectivity index (χ1n) is 8.44. The molecular weight excluding hydrogens is 306 g/mol. The lowest BCUT2D eigenvalue weighted by Gasteiger charge is -2.39. The number of carbonyl (C=O) groups is 1. The van der Waals surface area contributed by atoms with Gasteiger partial charge in [-0.3, -0.25) is 4.79 Å². The number of hydrogen-bond acceptors (Lipinski definition) is 4. The molecule has 1 aliphatic heterocycles. The number of piperidine rings is 1. The summed E-state index contributed by atoms with van der Waals surface area (Å²) >= 11 is 0. The number of phenols is 1. The highest BCUT2D eigenvalue weighted by molar-refractivity contribution is 5.85. The third kappa shape index (κ3) is 3.12. The number of benzene rings is 1. The molecule has 1 saturated heterocycles. The predicted molar refractivity (Wildman–Crippen MR) is 92.9 cm³/mol. The number of phenolic OH excluding ortho intramolecular Hbond substituents is 1. The van der Waals surface area contributed by atoms with Crippen molar-refractivity contribution < 1.29 is 15.0 Å². The van der Waals surface area contributed by atoms with E-state index < -0.39 is 12.0 Å². The summed E-state index contributed by atoms with van der Waals surface area (Å²) in [4.78, 5) is 17.7. The maximum Gasteiger partial charge on any atom is 0.229 e. The van der Waals surface area contributed by atoms with Gasteiger partial charge >= 0.3 is 0 Å². The van der Waals surface area contributed by atoms with E-state index in [1.165, 1.54) is 0 Å². The summed E-state index contributed by atoms with van der Waals surface area (Å²) < 4.78 is 0. The van der Waals surface area contributed by atoms with Gasteiger partial charge in [-0.15, -0.1) is 0 Å². The van der Waals surface area contributed by atoms with E-state index in [1.807, 2.05) is 24.2 Å². The van der Waals surface area contributed by atoms with E-state index in [1.54, 1.807) is 19.1 Å². The van der Waals surface area contributed by atoms with Crippen molar-refractivity contribution in [3.8, 4) is 5.75 Å². The lowest BCUT2D eigenvalue weighted by atomic mass is 9.87. The first-order valence-corrected chi connectivity index (χ1v) is 8.44. The molecule has 0 radical (unpaired) electrons. The molecule has 1 fully saturated rings. The Morgan fingerprint density at radius 3 is 2.96 bits per heavy atom. The number of nitrogens with one attached hydrogen (secondary N) is 2. The number of rotatable bonds is 5. The Balaban J connectivity index is 1.71. The number of likely N-dealkylation sites (tertiary alicyclic amines) is 1. The molecule has 6 heteroatoms. The van der Waals surface area contributed by atoms with E-state index >= 15 is 0 Å². The summed E-state index contributed by atoms with van der Waals surface area (Å²) in [7, 11) is 1.83. The molecule has 1 aliphatic rings. The molecule has 24 heavy (non-hydrogen) atoms. The van der Waals surface area contributed by atoms with Crippen LogP contribution < -0.4 is 5.32 Å². The molecule has 1 aromatic heterocycles. The van der Waals surface area contributed by atoms with Crippen LogP contribution in [0.15, 0.2) is 24.4 Å². The molecule has 0 aliphatic carbocycles. The third-order valence-electron chi connectivity index (χ3n) is 5.03. The molecule has 0 bridgehead atoms. The maximum absolute atomic E-state index is 12.7. The minimum atomic E-state index is -0.664. The van der Waals surface area contributed by atoms with E-state index in [0.29, 0.717) is 19.5 Å². The fourth-order valence-corrected chi connectivity index (χ4v) is 3.68. The quantitative estimate of drug-likeness (QED) is 0.664. The predicted octanol–water partition coefficient (Wildman–Crippen LogP) is 1.23. The summed E-state index contributed by atoms with van der Waals surface area (Å²) in [5.41, 5.74) is 2.06. The van der Waals surface area contributed by atoms with Crippen molar-refractivity contribution >= 4 is 16.8 Å². The monoisotopic (exact) mass is 331 g/mol. The highest BCUT2D eigenvalue weighted by Crippen LogP contribution is 2.25. The van der Waals surface area contributed by atoms with Crippen molar-refractivity contribution in [3.63, 3.8) is 0 Å². The molecule has 3 atom stereocenters. The van der Waals surface area contributed by atoms with Gasteiger partial charge in [0.25, 0.3) is 0 Å². The number of aliphatic hydroxyl groups excluding tert-OH is 1. The molecule has 6 nitrogen and oxygen atoms in total.